The van der Waals surface area contributed by atoms with Crippen LogP contribution in [0.1, 0.15) is 20.9 Å². The Kier molecular flexibility index (Phi) is 6.50. The Hall–Kier alpha value is -5.15. The molecule has 10 nitrogen and oxygen atoms in total. The minimum Gasteiger partial charge on any atom is -0.268 e. The van der Waals surface area contributed by atoms with Crippen molar-refractivity contribution >= 4 is 68.6 Å². The highest BCUT2D eigenvalue weighted by atomic mass is 32.1. The second-order valence-electron chi connectivity index (χ2n) is 9.39. The van der Waals surface area contributed by atoms with Crippen molar-refractivity contribution in [1.29, 1.82) is 0 Å². The quantitative estimate of drug-likeness (QED) is 0.165. The monoisotopic (exact) mass is 624 g/mol. The molecule has 0 N–H and O–H groups in total. The van der Waals surface area contributed by atoms with E-state index in [4.69, 9.17) is 0 Å². The van der Waals surface area contributed by atoms with Crippen LogP contribution in [0.2, 0.25) is 0 Å². The number of anilines is 2. The van der Waals surface area contributed by atoms with Gasteiger partial charge in [0, 0.05) is 12.1 Å². The number of carbonyl (C=O) groups excluding carboxylic acids is 2. The van der Waals surface area contributed by atoms with E-state index in [1.807, 2.05) is 0 Å². The van der Waals surface area contributed by atoms with Crippen LogP contribution >= 0.6 is 22.7 Å². The number of nitro benzene ring substituents is 2. The van der Waals surface area contributed by atoms with Gasteiger partial charge in [-0.3, -0.25) is 39.6 Å². The van der Waals surface area contributed by atoms with Crippen molar-refractivity contribution in [3.05, 3.63) is 124 Å². The fourth-order valence-electron chi connectivity index (χ4n) is 5.06. The van der Waals surface area contributed by atoms with Gasteiger partial charge < -0.3 is 0 Å². The number of aryl methyl sites for hydroxylation is 1. The minimum atomic E-state index is -4.89. The predicted molar refractivity (Wildman–Crippen MR) is 153 cm³/mol. The molecule has 43 heavy (non-hydrogen) atoms. The first-order chi connectivity index (χ1) is 20.4. The van der Waals surface area contributed by atoms with E-state index < -0.39 is 44.8 Å². The number of thiophene rings is 2. The standard InChI is InChI=1S/C28H15F3N4O6S2/c1-14-6-8-16(18(12-14)34(38)39)32-24(20-4-2-10-42-20)22-23(26(32)36)25(21-5-3-11-43-21)33(27(22)37)17-9-7-15(28(29,30)31)13-19(17)35(40)41/h2-13H,1H3. The zero-order chi connectivity index (χ0) is 30.8. The van der Waals surface area contributed by atoms with Crippen molar-refractivity contribution < 1.29 is 32.6 Å². The van der Waals surface area contributed by atoms with E-state index >= 15 is 0 Å². The van der Waals surface area contributed by atoms with Gasteiger partial charge in [-0.1, -0.05) is 18.2 Å². The molecule has 0 bridgehead atoms. The fraction of sp³-hybridized carbons (Fsp3) is 0.0714. The van der Waals surface area contributed by atoms with E-state index in [-0.39, 0.29) is 33.9 Å². The minimum absolute atomic E-state index is 0.0260. The molecule has 0 aliphatic carbocycles. The van der Waals surface area contributed by atoms with Gasteiger partial charge in [0.05, 0.1) is 47.7 Å². The Morgan fingerprint density at radius 3 is 1.60 bits per heavy atom. The van der Waals surface area contributed by atoms with Crippen LogP contribution in [0, 0.1) is 27.2 Å². The van der Waals surface area contributed by atoms with E-state index in [1.54, 1.807) is 48.0 Å². The van der Waals surface area contributed by atoms with Crippen LogP contribution in [-0.2, 0) is 15.8 Å². The molecule has 0 saturated heterocycles. The molecule has 2 aromatic carbocycles. The first-order valence-electron chi connectivity index (χ1n) is 12.3. The highest BCUT2D eigenvalue weighted by molar-refractivity contribution is 7.11. The van der Waals surface area contributed by atoms with Gasteiger partial charge in [0.1, 0.15) is 11.4 Å². The molecule has 4 heterocycles. The fourth-order valence-corrected chi connectivity index (χ4v) is 6.59. The summed E-state index contributed by atoms with van der Waals surface area (Å²) in [5.41, 5.74) is -3.07. The Balaban J connectivity index is 1.67. The molecule has 216 valence electrons. The second kappa shape index (κ2) is 9.99. The average Bonchev–Trinajstić information content (AvgIpc) is 3.75. The third-order valence-corrected chi connectivity index (χ3v) is 8.58. The second-order valence-corrected chi connectivity index (χ2v) is 11.3. The maximum absolute atomic E-state index is 14.3. The first kappa shape index (κ1) is 28.0. The molecule has 0 spiro atoms. The third kappa shape index (κ3) is 4.40. The normalized spacial score (nSPS) is 15.2. The molecule has 2 amide bonds. The van der Waals surface area contributed by atoms with Gasteiger partial charge in [0.15, 0.2) is 0 Å². The number of carbonyl (C=O) groups is 2. The van der Waals surface area contributed by atoms with E-state index in [1.165, 1.54) is 12.1 Å². The number of nitrogens with zero attached hydrogens (tertiary/aromatic N) is 4. The molecule has 2 aromatic heterocycles. The smallest absolute Gasteiger partial charge is 0.268 e. The largest absolute Gasteiger partial charge is 0.416 e. The number of rotatable bonds is 6. The van der Waals surface area contributed by atoms with Crippen LogP contribution in [0.15, 0.2) is 82.6 Å². The molecular weight excluding hydrogens is 609 g/mol. The van der Waals surface area contributed by atoms with Gasteiger partial charge in [0.2, 0.25) is 0 Å². The Morgan fingerprint density at radius 1 is 0.721 bits per heavy atom. The van der Waals surface area contributed by atoms with Crippen molar-refractivity contribution in [2.75, 3.05) is 9.80 Å². The zero-order valence-corrected chi connectivity index (χ0v) is 23.2. The Bertz CT molecular complexity index is 1930. The number of alkyl halides is 3. The lowest BCUT2D eigenvalue weighted by Crippen LogP contribution is -2.30. The number of benzene rings is 2. The summed E-state index contributed by atoms with van der Waals surface area (Å²) in [6, 6.07) is 12.5. The lowest BCUT2D eigenvalue weighted by molar-refractivity contribution is -0.384. The van der Waals surface area contributed by atoms with Crippen molar-refractivity contribution in [2.45, 2.75) is 13.1 Å². The summed E-state index contributed by atoms with van der Waals surface area (Å²) in [6.07, 6.45) is -4.89. The van der Waals surface area contributed by atoms with Crippen LogP contribution in [0.4, 0.5) is 35.9 Å². The molecule has 0 atom stereocenters. The lowest BCUT2D eigenvalue weighted by atomic mass is 10.1. The van der Waals surface area contributed by atoms with Gasteiger partial charge in [-0.2, -0.15) is 13.2 Å². The topological polar surface area (TPSA) is 127 Å². The van der Waals surface area contributed by atoms with Gasteiger partial charge in [-0.05, 0) is 53.6 Å². The number of amides is 2. The Morgan fingerprint density at radius 2 is 1.19 bits per heavy atom. The van der Waals surface area contributed by atoms with E-state index in [2.05, 4.69) is 0 Å². The molecule has 0 unspecified atom stereocenters. The molecule has 0 saturated carbocycles. The van der Waals surface area contributed by atoms with Crippen molar-refractivity contribution in [1.82, 2.24) is 0 Å². The van der Waals surface area contributed by atoms with E-state index in [0.29, 0.717) is 27.5 Å². The summed E-state index contributed by atoms with van der Waals surface area (Å²) in [6.45, 7) is 1.64. The number of halogens is 3. The number of hydrogen-bond acceptors (Lipinski definition) is 8. The lowest BCUT2D eigenvalue weighted by Gasteiger charge is -2.24. The van der Waals surface area contributed by atoms with Crippen molar-refractivity contribution in [3.8, 4) is 0 Å². The predicted octanol–water partition coefficient (Wildman–Crippen LogP) is 7.17. The van der Waals surface area contributed by atoms with Gasteiger partial charge >= 0.3 is 6.18 Å². The molecule has 4 aromatic rings. The zero-order valence-electron chi connectivity index (χ0n) is 21.6. The third-order valence-electron chi connectivity index (χ3n) is 6.82. The highest BCUT2D eigenvalue weighted by Crippen LogP contribution is 2.53. The molecule has 2 aliphatic heterocycles. The Labute approximate surface area is 247 Å². The molecule has 0 fully saturated rings. The van der Waals surface area contributed by atoms with Gasteiger partial charge in [-0.15, -0.1) is 22.7 Å². The molecule has 2 aliphatic rings. The van der Waals surface area contributed by atoms with Gasteiger partial charge in [0.25, 0.3) is 23.2 Å². The number of nitro groups is 2. The molecule has 15 heteroatoms. The molecule has 0 radical (unpaired) electrons. The SMILES string of the molecule is Cc1ccc(N2C(=O)C3=C(c4cccs4)N(c4ccc(C(F)(F)F)cc4[N+](=O)[O-])C(=O)C3=C2c2cccs2)c([N+](=O)[O-])c1. The maximum Gasteiger partial charge on any atom is 0.416 e. The van der Waals surface area contributed by atoms with E-state index in [0.717, 1.165) is 38.5 Å². The van der Waals surface area contributed by atoms with Crippen LogP contribution in [0.3, 0.4) is 0 Å². The van der Waals surface area contributed by atoms with Crippen LogP contribution in [0.25, 0.3) is 11.4 Å². The number of fused-ring (bicyclic) bond motifs is 1. The summed E-state index contributed by atoms with van der Waals surface area (Å²) in [5, 5.41) is 27.4. The molecule has 6 rings (SSSR count). The van der Waals surface area contributed by atoms with Crippen LogP contribution < -0.4 is 9.80 Å². The number of hydrogen-bond donors (Lipinski definition) is 0. The van der Waals surface area contributed by atoms with Gasteiger partial charge in [-0.25, -0.2) is 0 Å². The highest BCUT2D eigenvalue weighted by Gasteiger charge is 2.52. The summed E-state index contributed by atoms with van der Waals surface area (Å²) in [5.74, 6) is -1.71. The van der Waals surface area contributed by atoms with E-state index in [9.17, 15) is 43.0 Å². The first-order valence-corrected chi connectivity index (χ1v) is 14.0. The van der Waals surface area contributed by atoms with Crippen molar-refractivity contribution in [2.24, 2.45) is 0 Å². The van der Waals surface area contributed by atoms with Crippen LogP contribution in [-0.4, -0.2) is 21.7 Å². The summed E-state index contributed by atoms with van der Waals surface area (Å²) >= 11 is 2.25. The molecular formula is C28H15F3N4O6S2. The summed E-state index contributed by atoms with van der Waals surface area (Å²) < 4.78 is 40.4. The average molecular weight is 625 g/mol. The van der Waals surface area contributed by atoms with Crippen LogP contribution in [0.5, 0.6) is 0 Å². The summed E-state index contributed by atoms with van der Waals surface area (Å²) in [4.78, 5) is 53.8. The van der Waals surface area contributed by atoms with Crippen molar-refractivity contribution in [3.63, 3.8) is 0 Å². The summed E-state index contributed by atoms with van der Waals surface area (Å²) in [7, 11) is 0. The maximum atomic E-state index is 14.3.